The second-order valence-electron chi connectivity index (χ2n) is 7.28. The molecule has 0 spiro atoms. The topological polar surface area (TPSA) is 78.7 Å². The number of hydrogen-bond acceptors (Lipinski definition) is 5. The van der Waals surface area contributed by atoms with Crippen molar-refractivity contribution >= 4 is 17.3 Å². The lowest BCUT2D eigenvalue weighted by molar-refractivity contribution is -0.384. The molecule has 2 saturated heterocycles. The molecule has 142 valence electrons. The first kappa shape index (κ1) is 18.6. The number of anilines is 1. The number of likely N-dealkylation sites (tertiary alicyclic amines) is 1. The summed E-state index contributed by atoms with van der Waals surface area (Å²) in [5.41, 5.74) is 1.10. The molecule has 7 heteroatoms. The summed E-state index contributed by atoms with van der Waals surface area (Å²) in [7, 11) is 1.96. The number of nitro benzene ring substituents is 1. The summed E-state index contributed by atoms with van der Waals surface area (Å²) >= 11 is 0. The van der Waals surface area contributed by atoms with Crippen LogP contribution in [0.3, 0.4) is 0 Å². The Labute approximate surface area is 154 Å². The van der Waals surface area contributed by atoms with Crippen molar-refractivity contribution in [1.29, 1.82) is 0 Å². The largest absolute Gasteiger partial charge is 0.366 e. The quantitative estimate of drug-likeness (QED) is 0.623. The lowest BCUT2D eigenvalue weighted by Gasteiger charge is -2.32. The van der Waals surface area contributed by atoms with Crippen molar-refractivity contribution < 1.29 is 9.72 Å². The van der Waals surface area contributed by atoms with Gasteiger partial charge in [0.15, 0.2) is 0 Å². The van der Waals surface area contributed by atoms with E-state index in [0.717, 1.165) is 64.8 Å². The van der Waals surface area contributed by atoms with Gasteiger partial charge in [-0.1, -0.05) is 0 Å². The number of rotatable bonds is 6. The summed E-state index contributed by atoms with van der Waals surface area (Å²) in [4.78, 5) is 27.8. The molecule has 0 aromatic heterocycles. The molecule has 3 rings (SSSR count). The minimum Gasteiger partial charge on any atom is -0.366 e. The number of amides is 1. The lowest BCUT2D eigenvalue weighted by Crippen LogP contribution is -2.39. The predicted molar refractivity (Wildman–Crippen MR) is 102 cm³/mol. The van der Waals surface area contributed by atoms with Crippen LogP contribution in [-0.4, -0.2) is 55.5 Å². The number of nitrogens with zero attached hydrogens (tertiary/aromatic N) is 3. The van der Waals surface area contributed by atoms with Crippen LogP contribution in [0.4, 0.5) is 11.4 Å². The van der Waals surface area contributed by atoms with Crippen LogP contribution < -0.4 is 10.2 Å². The average molecular weight is 360 g/mol. The molecule has 1 amide bonds. The molecule has 1 aromatic rings. The highest BCUT2D eigenvalue weighted by Gasteiger charge is 2.27. The van der Waals surface area contributed by atoms with Crippen LogP contribution in [0.25, 0.3) is 0 Å². The first-order chi connectivity index (χ1) is 12.6. The van der Waals surface area contributed by atoms with E-state index in [-0.39, 0.29) is 16.5 Å². The molecular formula is C19H28N4O3. The van der Waals surface area contributed by atoms with Gasteiger partial charge in [0.05, 0.1) is 4.92 Å². The van der Waals surface area contributed by atoms with Crippen molar-refractivity contribution in [3.8, 4) is 0 Å². The first-order valence-corrected chi connectivity index (χ1v) is 9.57. The van der Waals surface area contributed by atoms with Gasteiger partial charge in [0.25, 0.3) is 11.6 Å². The fourth-order valence-corrected chi connectivity index (χ4v) is 3.98. The Kier molecular flexibility index (Phi) is 6.08. The Balaban J connectivity index is 1.70. The molecule has 0 radical (unpaired) electrons. The van der Waals surface area contributed by atoms with E-state index in [1.807, 2.05) is 16.8 Å². The maximum absolute atomic E-state index is 12.8. The number of benzene rings is 1. The van der Waals surface area contributed by atoms with E-state index in [4.69, 9.17) is 0 Å². The predicted octanol–water partition coefficient (Wildman–Crippen LogP) is 2.66. The molecule has 0 bridgehead atoms. The van der Waals surface area contributed by atoms with Crippen LogP contribution in [0.2, 0.25) is 0 Å². The number of carbonyl (C=O) groups is 1. The fourth-order valence-electron chi connectivity index (χ4n) is 3.98. The molecule has 1 N–H and O–H groups in total. The van der Waals surface area contributed by atoms with E-state index in [9.17, 15) is 14.9 Å². The normalized spacial score (nSPS) is 18.3. The molecule has 7 nitrogen and oxygen atoms in total. The maximum atomic E-state index is 12.8. The number of piperidine rings is 1. The molecule has 2 heterocycles. The highest BCUT2D eigenvalue weighted by atomic mass is 16.6. The number of carbonyl (C=O) groups excluding carboxylic acids is 1. The molecule has 2 aliphatic rings. The molecule has 2 fully saturated rings. The third-order valence-corrected chi connectivity index (χ3v) is 5.57. The Bertz CT molecular complexity index is 650. The summed E-state index contributed by atoms with van der Waals surface area (Å²) in [5, 5.41) is 14.7. The van der Waals surface area contributed by atoms with E-state index in [1.165, 1.54) is 6.07 Å². The molecule has 26 heavy (non-hydrogen) atoms. The van der Waals surface area contributed by atoms with Crippen molar-refractivity contribution in [3.63, 3.8) is 0 Å². The number of nitrogens with one attached hydrogen (secondary N) is 1. The van der Waals surface area contributed by atoms with Gasteiger partial charge in [0.2, 0.25) is 0 Å². The van der Waals surface area contributed by atoms with Gasteiger partial charge in [-0.05, 0) is 63.7 Å². The summed E-state index contributed by atoms with van der Waals surface area (Å²) in [6, 6.07) is 4.95. The van der Waals surface area contributed by atoms with Crippen LogP contribution in [0.15, 0.2) is 18.2 Å². The van der Waals surface area contributed by atoms with Crippen LogP contribution in [0.1, 0.15) is 42.5 Å². The van der Waals surface area contributed by atoms with Crippen molar-refractivity contribution in [1.82, 2.24) is 10.2 Å². The molecule has 0 atom stereocenters. The molecule has 2 aliphatic heterocycles. The number of hydrogen-bond donors (Lipinski definition) is 1. The molecule has 0 saturated carbocycles. The van der Waals surface area contributed by atoms with Gasteiger partial charge in [-0.15, -0.1) is 0 Å². The summed E-state index contributed by atoms with van der Waals surface area (Å²) in [5.74, 6) is 0.562. The lowest BCUT2D eigenvalue weighted by atomic mass is 9.93. The number of nitro groups is 1. The van der Waals surface area contributed by atoms with Gasteiger partial charge >= 0.3 is 0 Å². The molecule has 1 aromatic carbocycles. The van der Waals surface area contributed by atoms with Gasteiger partial charge in [-0.3, -0.25) is 14.9 Å². The van der Waals surface area contributed by atoms with Crippen LogP contribution in [0.5, 0.6) is 0 Å². The minimum absolute atomic E-state index is 0.0432. The van der Waals surface area contributed by atoms with Crippen molar-refractivity contribution in [2.45, 2.75) is 32.1 Å². The smallest absolute Gasteiger partial charge is 0.293 e. The van der Waals surface area contributed by atoms with Crippen molar-refractivity contribution in [2.24, 2.45) is 5.92 Å². The monoisotopic (exact) mass is 360 g/mol. The van der Waals surface area contributed by atoms with Crippen molar-refractivity contribution in [2.75, 3.05) is 44.7 Å². The van der Waals surface area contributed by atoms with E-state index in [1.54, 1.807) is 12.1 Å². The molecular weight excluding hydrogens is 332 g/mol. The average Bonchev–Trinajstić information content (AvgIpc) is 3.20. The van der Waals surface area contributed by atoms with E-state index in [0.29, 0.717) is 17.2 Å². The standard InChI is InChI=1S/C19H28N4O3/c1-20-9-6-15-7-12-22(13-8-15)19(24)16-4-5-17(18(14-16)23(25)26)21-10-2-3-11-21/h4-5,14-15,20H,2-3,6-13H2,1H3. The van der Waals surface area contributed by atoms with Gasteiger partial charge in [-0.2, -0.15) is 0 Å². The highest BCUT2D eigenvalue weighted by Crippen LogP contribution is 2.32. The maximum Gasteiger partial charge on any atom is 0.293 e. The Hall–Kier alpha value is -2.15. The van der Waals surface area contributed by atoms with Crippen LogP contribution >= 0.6 is 0 Å². The van der Waals surface area contributed by atoms with Crippen molar-refractivity contribution in [3.05, 3.63) is 33.9 Å². The zero-order valence-electron chi connectivity index (χ0n) is 15.4. The van der Waals surface area contributed by atoms with Gasteiger partial charge in [0.1, 0.15) is 5.69 Å². The van der Waals surface area contributed by atoms with Gasteiger partial charge < -0.3 is 15.1 Å². The van der Waals surface area contributed by atoms with Gasteiger partial charge in [-0.25, -0.2) is 0 Å². The van der Waals surface area contributed by atoms with Crippen LogP contribution in [-0.2, 0) is 0 Å². The van der Waals surface area contributed by atoms with E-state index < -0.39 is 0 Å². The summed E-state index contributed by atoms with van der Waals surface area (Å²) < 4.78 is 0. The summed E-state index contributed by atoms with van der Waals surface area (Å²) in [6.07, 6.45) is 5.25. The Morgan fingerprint density at radius 2 is 1.92 bits per heavy atom. The van der Waals surface area contributed by atoms with Gasteiger partial charge in [0, 0.05) is 37.8 Å². The zero-order chi connectivity index (χ0) is 18.5. The Morgan fingerprint density at radius 1 is 1.23 bits per heavy atom. The zero-order valence-corrected chi connectivity index (χ0v) is 15.4. The second kappa shape index (κ2) is 8.49. The van der Waals surface area contributed by atoms with Crippen LogP contribution in [0, 0.1) is 16.0 Å². The third kappa shape index (κ3) is 4.15. The third-order valence-electron chi connectivity index (χ3n) is 5.57. The highest BCUT2D eigenvalue weighted by molar-refractivity contribution is 5.96. The SMILES string of the molecule is CNCCC1CCN(C(=O)c2ccc(N3CCCC3)c([N+](=O)[O-])c2)CC1. The van der Waals surface area contributed by atoms with E-state index in [2.05, 4.69) is 5.32 Å². The fraction of sp³-hybridized carbons (Fsp3) is 0.632. The Morgan fingerprint density at radius 3 is 2.54 bits per heavy atom. The second-order valence-corrected chi connectivity index (χ2v) is 7.28. The molecule has 0 aliphatic carbocycles. The molecule has 0 unspecified atom stereocenters. The minimum atomic E-state index is -0.367. The van der Waals surface area contributed by atoms with E-state index >= 15 is 0 Å². The first-order valence-electron chi connectivity index (χ1n) is 9.57. The summed E-state index contributed by atoms with van der Waals surface area (Å²) in [6.45, 7) is 4.15.